The summed E-state index contributed by atoms with van der Waals surface area (Å²) in [5, 5.41) is 0. The second-order valence-electron chi connectivity index (χ2n) is 3.85. The number of methoxy groups -OCH3 is 1. The van der Waals surface area contributed by atoms with E-state index in [9.17, 15) is 0 Å². The molecule has 1 aromatic rings. The normalized spacial score (nSPS) is 9.53. The Labute approximate surface area is 103 Å². The maximum atomic E-state index is 5.06. The Morgan fingerprint density at radius 2 is 1.88 bits per heavy atom. The Morgan fingerprint density at radius 1 is 1.12 bits per heavy atom. The number of rotatable bonds is 7. The highest BCUT2D eigenvalue weighted by molar-refractivity contribution is 5.53. The highest BCUT2D eigenvalue weighted by atomic mass is 16.5. The predicted molar refractivity (Wildman–Crippen MR) is 71.5 cm³/mol. The number of aliphatic imine (C=N–C) groups is 2. The van der Waals surface area contributed by atoms with E-state index in [2.05, 4.69) is 22.9 Å². The minimum absolute atomic E-state index is 0.819. The molecule has 0 fully saturated rings. The molecule has 0 aliphatic carbocycles. The van der Waals surface area contributed by atoms with E-state index in [0.29, 0.717) is 0 Å². The van der Waals surface area contributed by atoms with Gasteiger partial charge in [0.15, 0.2) is 0 Å². The van der Waals surface area contributed by atoms with Crippen LogP contribution in [0.5, 0.6) is 5.75 Å². The van der Waals surface area contributed by atoms with Gasteiger partial charge >= 0.3 is 0 Å². The van der Waals surface area contributed by atoms with Crippen molar-refractivity contribution in [1.29, 1.82) is 0 Å². The van der Waals surface area contributed by atoms with Crippen molar-refractivity contribution in [2.75, 3.05) is 13.7 Å². The molecule has 0 aromatic heterocycles. The van der Waals surface area contributed by atoms with Crippen LogP contribution in [0.25, 0.3) is 0 Å². The molecule has 0 atom stereocenters. The van der Waals surface area contributed by atoms with E-state index in [-0.39, 0.29) is 0 Å². The van der Waals surface area contributed by atoms with E-state index in [0.717, 1.165) is 24.4 Å². The zero-order valence-corrected chi connectivity index (χ0v) is 10.6. The minimum atomic E-state index is 0.819. The first-order valence-corrected chi connectivity index (χ1v) is 6.13. The number of ether oxygens (including phenoxy) is 1. The topological polar surface area (TPSA) is 34.0 Å². The van der Waals surface area contributed by atoms with Crippen molar-refractivity contribution < 1.29 is 4.74 Å². The molecule has 3 nitrogen and oxygen atoms in total. The summed E-state index contributed by atoms with van der Waals surface area (Å²) in [6, 6.07) is 10.3. The van der Waals surface area contributed by atoms with Gasteiger partial charge in [-0.25, -0.2) is 4.99 Å². The Kier molecular flexibility index (Phi) is 6.76. The van der Waals surface area contributed by atoms with Gasteiger partial charge in [-0.05, 0) is 30.7 Å². The molecule has 0 bridgehead atoms. The fraction of sp³-hybridized carbons (Fsp3) is 0.500. The molecule has 1 rings (SSSR count). The molecule has 0 spiro atoms. The van der Waals surface area contributed by atoms with Gasteiger partial charge in [-0.15, -0.1) is 0 Å². The lowest BCUT2D eigenvalue weighted by molar-refractivity contribution is 0.415. The summed E-state index contributed by atoms with van der Waals surface area (Å²) < 4.78 is 5.06. The molecule has 0 saturated heterocycles. The van der Waals surface area contributed by atoms with E-state index in [1.165, 1.54) is 19.3 Å². The fourth-order valence-electron chi connectivity index (χ4n) is 1.42. The van der Waals surface area contributed by atoms with Gasteiger partial charge in [-0.2, -0.15) is 4.99 Å². The fourth-order valence-corrected chi connectivity index (χ4v) is 1.42. The molecule has 1 aromatic carbocycles. The van der Waals surface area contributed by atoms with Crippen LogP contribution in [0.2, 0.25) is 0 Å². The predicted octanol–water partition coefficient (Wildman–Crippen LogP) is 4.08. The van der Waals surface area contributed by atoms with Crippen LogP contribution in [0.15, 0.2) is 34.3 Å². The van der Waals surface area contributed by atoms with Crippen LogP contribution in [-0.2, 0) is 0 Å². The van der Waals surface area contributed by atoms with Gasteiger partial charge in [0.1, 0.15) is 5.75 Å². The summed E-state index contributed by atoms with van der Waals surface area (Å²) in [6.07, 6.45) is 4.90. The van der Waals surface area contributed by atoms with Crippen molar-refractivity contribution in [2.45, 2.75) is 32.6 Å². The monoisotopic (exact) mass is 232 g/mol. The lowest BCUT2D eigenvalue weighted by Crippen LogP contribution is -1.81. The minimum Gasteiger partial charge on any atom is -0.497 e. The number of hydrogen-bond donors (Lipinski definition) is 0. The van der Waals surface area contributed by atoms with Crippen LogP contribution >= 0.6 is 0 Å². The second-order valence-corrected chi connectivity index (χ2v) is 3.85. The van der Waals surface area contributed by atoms with Crippen LogP contribution in [0.4, 0.5) is 5.69 Å². The van der Waals surface area contributed by atoms with E-state index in [1.807, 2.05) is 24.3 Å². The number of unbranched alkanes of at least 4 members (excludes halogenated alkanes) is 3. The third kappa shape index (κ3) is 5.88. The summed E-state index contributed by atoms with van der Waals surface area (Å²) >= 11 is 0. The summed E-state index contributed by atoms with van der Waals surface area (Å²) in [5.74, 6) is 0.834. The number of nitrogens with zero attached hydrogens (tertiary/aromatic N) is 2. The molecule has 0 amide bonds. The zero-order valence-electron chi connectivity index (χ0n) is 10.6. The third-order valence-electron chi connectivity index (χ3n) is 2.45. The van der Waals surface area contributed by atoms with E-state index in [4.69, 9.17) is 4.74 Å². The molecule has 0 heterocycles. The van der Waals surface area contributed by atoms with Crippen LogP contribution in [-0.4, -0.2) is 19.7 Å². The van der Waals surface area contributed by atoms with Gasteiger partial charge in [-0.3, -0.25) is 0 Å². The van der Waals surface area contributed by atoms with Gasteiger partial charge in [-0.1, -0.05) is 26.2 Å². The average molecular weight is 232 g/mol. The van der Waals surface area contributed by atoms with E-state index in [1.54, 1.807) is 7.11 Å². The standard InChI is InChI=1S/C14H20N2O/c1-3-4-5-6-11-15-12-16-13-7-9-14(17-2)10-8-13/h7-10H,3-6,11H2,1-2H3. The van der Waals surface area contributed by atoms with Crippen LogP contribution < -0.4 is 4.74 Å². The van der Waals surface area contributed by atoms with Gasteiger partial charge < -0.3 is 4.74 Å². The van der Waals surface area contributed by atoms with Gasteiger partial charge in [0.05, 0.1) is 18.8 Å². The SMILES string of the molecule is CCCCCCN=C=Nc1ccc(OC)cc1. The lowest BCUT2D eigenvalue weighted by atomic mass is 10.2. The van der Waals surface area contributed by atoms with Crippen LogP contribution in [0.3, 0.4) is 0 Å². The maximum absolute atomic E-state index is 5.06. The zero-order chi connectivity index (χ0) is 12.3. The first-order chi connectivity index (χ1) is 8.36. The van der Waals surface area contributed by atoms with Crippen molar-refractivity contribution in [2.24, 2.45) is 9.98 Å². The molecule has 0 aliphatic heterocycles. The smallest absolute Gasteiger partial charge is 0.119 e. The summed E-state index contributed by atoms with van der Waals surface area (Å²) in [6.45, 7) is 3.02. The van der Waals surface area contributed by atoms with Crippen molar-refractivity contribution >= 4 is 11.7 Å². The molecule has 0 unspecified atom stereocenters. The molecule has 17 heavy (non-hydrogen) atoms. The third-order valence-corrected chi connectivity index (χ3v) is 2.45. The first kappa shape index (κ1) is 13.5. The Balaban J connectivity index is 2.33. The molecular formula is C14H20N2O. The molecular weight excluding hydrogens is 212 g/mol. The summed E-state index contributed by atoms with van der Waals surface area (Å²) in [5.41, 5.74) is 0.850. The average Bonchev–Trinajstić information content (AvgIpc) is 2.38. The molecule has 92 valence electrons. The van der Waals surface area contributed by atoms with Crippen molar-refractivity contribution in [3.05, 3.63) is 24.3 Å². The van der Waals surface area contributed by atoms with Gasteiger partial charge in [0, 0.05) is 6.54 Å². The highest BCUT2D eigenvalue weighted by Gasteiger charge is 1.90. The second kappa shape index (κ2) is 8.54. The number of benzene rings is 1. The molecule has 0 aliphatic rings. The van der Waals surface area contributed by atoms with Crippen molar-refractivity contribution in [3.63, 3.8) is 0 Å². The van der Waals surface area contributed by atoms with Crippen molar-refractivity contribution in [3.8, 4) is 5.75 Å². The highest BCUT2D eigenvalue weighted by Crippen LogP contribution is 2.16. The van der Waals surface area contributed by atoms with Gasteiger partial charge in [0.25, 0.3) is 0 Å². The number of hydrogen-bond acceptors (Lipinski definition) is 3. The Hall–Kier alpha value is -1.60. The molecule has 0 saturated carbocycles. The van der Waals surface area contributed by atoms with E-state index >= 15 is 0 Å². The quantitative estimate of drug-likeness (QED) is 0.515. The Morgan fingerprint density at radius 3 is 2.53 bits per heavy atom. The van der Waals surface area contributed by atoms with Gasteiger partial charge in [0.2, 0.25) is 0 Å². The summed E-state index contributed by atoms with van der Waals surface area (Å²) in [4.78, 5) is 8.26. The molecule has 0 radical (unpaired) electrons. The Bertz CT molecular complexity index is 364. The van der Waals surface area contributed by atoms with Crippen LogP contribution in [0.1, 0.15) is 32.6 Å². The van der Waals surface area contributed by atoms with E-state index < -0.39 is 0 Å². The summed E-state index contributed by atoms with van der Waals surface area (Å²) in [7, 11) is 1.65. The van der Waals surface area contributed by atoms with Crippen molar-refractivity contribution in [1.82, 2.24) is 0 Å². The maximum Gasteiger partial charge on any atom is 0.119 e. The lowest BCUT2D eigenvalue weighted by Gasteiger charge is -1.97. The first-order valence-electron chi connectivity index (χ1n) is 6.13. The molecule has 3 heteroatoms. The largest absolute Gasteiger partial charge is 0.497 e. The van der Waals surface area contributed by atoms with Crippen LogP contribution in [0, 0.1) is 0 Å². The molecule has 0 N–H and O–H groups in total.